The van der Waals surface area contributed by atoms with Gasteiger partial charge in [0, 0.05) is 5.56 Å². The summed E-state index contributed by atoms with van der Waals surface area (Å²) in [4.78, 5) is 12.1. The van der Waals surface area contributed by atoms with Crippen LogP contribution in [0.3, 0.4) is 0 Å². The number of nitriles is 1. The zero-order valence-electron chi connectivity index (χ0n) is 17.5. The molecule has 1 N–H and O–H groups in total. The lowest BCUT2D eigenvalue weighted by Gasteiger charge is -2.13. The van der Waals surface area contributed by atoms with Gasteiger partial charge in [0.05, 0.1) is 24.5 Å². The molecule has 0 atom stereocenters. The van der Waals surface area contributed by atoms with Gasteiger partial charge >= 0.3 is 0 Å². The van der Waals surface area contributed by atoms with Gasteiger partial charge in [-0.3, -0.25) is 4.79 Å². The fraction of sp³-hybridized carbons (Fsp3) is 0.160. The van der Waals surface area contributed by atoms with Crippen molar-refractivity contribution in [3.63, 3.8) is 0 Å². The predicted molar refractivity (Wildman–Crippen MR) is 119 cm³/mol. The Balaban J connectivity index is 1.65. The van der Waals surface area contributed by atoms with Crippen LogP contribution in [-0.2, 0) is 6.61 Å². The number of rotatable bonds is 8. The molecule has 0 spiro atoms. The van der Waals surface area contributed by atoms with Gasteiger partial charge in [0.15, 0.2) is 11.5 Å². The molecule has 0 saturated carbocycles. The van der Waals surface area contributed by atoms with E-state index >= 15 is 0 Å². The third-order valence-electron chi connectivity index (χ3n) is 4.40. The van der Waals surface area contributed by atoms with Crippen molar-refractivity contribution in [1.82, 2.24) is 5.43 Å². The van der Waals surface area contributed by atoms with Gasteiger partial charge in [-0.1, -0.05) is 29.8 Å². The average molecular weight is 413 g/mol. The summed E-state index contributed by atoms with van der Waals surface area (Å²) in [6, 6.07) is 22.0. The summed E-state index contributed by atoms with van der Waals surface area (Å²) < 4.78 is 11.7. The Kier molecular flexibility index (Phi) is 7.39. The third-order valence-corrected chi connectivity index (χ3v) is 4.40. The van der Waals surface area contributed by atoms with Gasteiger partial charge in [0.2, 0.25) is 0 Å². The fourth-order valence-corrected chi connectivity index (χ4v) is 2.88. The van der Waals surface area contributed by atoms with E-state index in [0.29, 0.717) is 35.8 Å². The van der Waals surface area contributed by atoms with Gasteiger partial charge in [-0.2, -0.15) is 10.4 Å². The molecule has 0 heterocycles. The standard InChI is InChI=1S/C25H23N3O3/c1-3-30-24-14-20(9-12-23(24)31-17-21-6-4-5-18(2)13-21)16-27-28-25(29)22-10-7-19(15-26)8-11-22/h4-14,16H,3,17H2,1-2H3,(H,28,29)/b27-16-. The van der Waals surface area contributed by atoms with E-state index in [0.717, 1.165) is 11.1 Å². The molecule has 156 valence electrons. The minimum Gasteiger partial charge on any atom is -0.490 e. The first kappa shape index (κ1) is 21.6. The second-order valence-electron chi connectivity index (χ2n) is 6.81. The number of amides is 1. The Labute approximate surface area is 181 Å². The van der Waals surface area contributed by atoms with E-state index in [9.17, 15) is 4.79 Å². The molecule has 0 aliphatic heterocycles. The molecule has 3 aromatic carbocycles. The SMILES string of the molecule is CCOc1cc(/C=N\NC(=O)c2ccc(C#N)cc2)ccc1OCc1cccc(C)c1. The number of benzene rings is 3. The lowest BCUT2D eigenvalue weighted by molar-refractivity contribution is 0.0955. The number of aryl methyl sites for hydroxylation is 1. The van der Waals surface area contributed by atoms with Crippen molar-refractivity contribution < 1.29 is 14.3 Å². The summed E-state index contributed by atoms with van der Waals surface area (Å²) >= 11 is 0. The maximum absolute atomic E-state index is 12.1. The molecule has 0 unspecified atom stereocenters. The zero-order valence-corrected chi connectivity index (χ0v) is 17.5. The third kappa shape index (κ3) is 6.18. The van der Waals surface area contributed by atoms with E-state index in [2.05, 4.69) is 16.6 Å². The Morgan fingerprint density at radius 2 is 1.87 bits per heavy atom. The van der Waals surface area contributed by atoms with E-state index in [1.54, 1.807) is 24.3 Å². The van der Waals surface area contributed by atoms with Crippen molar-refractivity contribution in [2.45, 2.75) is 20.5 Å². The van der Waals surface area contributed by atoms with E-state index in [4.69, 9.17) is 14.7 Å². The summed E-state index contributed by atoms with van der Waals surface area (Å²) in [5.74, 6) is 0.892. The quantitative estimate of drug-likeness (QED) is 0.432. The number of nitrogens with zero attached hydrogens (tertiary/aromatic N) is 2. The molecule has 3 aromatic rings. The van der Waals surface area contributed by atoms with Crippen LogP contribution in [0.4, 0.5) is 0 Å². The van der Waals surface area contributed by atoms with Gasteiger partial charge in [-0.25, -0.2) is 5.43 Å². The molecule has 0 fully saturated rings. The molecule has 0 aromatic heterocycles. The molecule has 0 radical (unpaired) electrons. The van der Waals surface area contributed by atoms with Crippen LogP contribution >= 0.6 is 0 Å². The van der Waals surface area contributed by atoms with Crippen molar-refractivity contribution >= 4 is 12.1 Å². The second kappa shape index (κ2) is 10.6. The monoisotopic (exact) mass is 413 g/mol. The number of hydrogen-bond donors (Lipinski definition) is 1. The van der Waals surface area contributed by atoms with E-state index in [1.807, 2.05) is 56.3 Å². The lowest BCUT2D eigenvalue weighted by atomic mass is 10.1. The largest absolute Gasteiger partial charge is 0.490 e. The highest BCUT2D eigenvalue weighted by Gasteiger charge is 2.07. The molecule has 6 nitrogen and oxygen atoms in total. The van der Waals surface area contributed by atoms with Gasteiger partial charge < -0.3 is 9.47 Å². The molecular formula is C25H23N3O3. The van der Waals surface area contributed by atoms with Gasteiger partial charge in [-0.15, -0.1) is 0 Å². The first-order chi connectivity index (χ1) is 15.1. The normalized spacial score (nSPS) is 10.5. The molecule has 0 saturated heterocycles. The van der Waals surface area contributed by atoms with Crippen molar-refractivity contribution in [3.05, 3.63) is 94.5 Å². The Bertz CT molecular complexity index is 1120. The fourth-order valence-electron chi connectivity index (χ4n) is 2.88. The summed E-state index contributed by atoms with van der Waals surface area (Å²) in [5, 5.41) is 12.8. The maximum Gasteiger partial charge on any atom is 0.271 e. The molecule has 0 aliphatic carbocycles. The molecule has 1 amide bonds. The molecule has 0 aliphatic rings. The van der Waals surface area contributed by atoms with Crippen molar-refractivity contribution in [2.75, 3.05) is 6.61 Å². The van der Waals surface area contributed by atoms with Crippen LogP contribution in [0.15, 0.2) is 71.8 Å². The molecular weight excluding hydrogens is 390 g/mol. The summed E-state index contributed by atoms with van der Waals surface area (Å²) in [6.45, 7) is 4.89. The first-order valence-corrected chi connectivity index (χ1v) is 9.88. The number of hydrogen-bond acceptors (Lipinski definition) is 5. The number of hydrazone groups is 1. The van der Waals surface area contributed by atoms with Gasteiger partial charge in [0.1, 0.15) is 6.61 Å². The van der Waals surface area contributed by atoms with Crippen LogP contribution in [0.1, 0.15) is 39.5 Å². The summed E-state index contributed by atoms with van der Waals surface area (Å²) in [6.07, 6.45) is 1.54. The smallest absolute Gasteiger partial charge is 0.271 e. The van der Waals surface area contributed by atoms with E-state index < -0.39 is 0 Å². The lowest BCUT2D eigenvalue weighted by Crippen LogP contribution is -2.17. The van der Waals surface area contributed by atoms with Crippen LogP contribution in [-0.4, -0.2) is 18.7 Å². The molecule has 31 heavy (non-hydrogen) atoms. The average Bonchev–Trinajstić information content (AvgIpc) is 2.79. The second-order valence-corrected chi connectivity index (χ2v) is 6.81. The van der Waals surface area contributed by atoms with Gasteiger partial charge in [0.25, 0.3) is 5.91 Å². The van der Waals surface area contributed by atoms with Crippen LogP contribution in [0.2, 0.25) is 0 Å². The van der Waals surface area contributed by atoms with Crippen LogP contribution in [0.5, 0.6) is 11.5 Å². The van der Waals surface area contributed by atoms with Crippen molar-refractivity contribution in [1.29, 1.82) is 5.26 Å². The Hall–Kier alpha value is -4.11. The van der Waals surface area contributed by atoms with Gasteiger partial charge in [-0.05, 0) is 67.4 Å². The highest BCUT2D eigenvalue weighted by Crippen LogP contribution is 2.29. The topological polar surface area (TPSA) is 83.7 Å². The summed E-state index contributed by atoms with van der Waals surface area (Å²) in [7, 11) is 0. The van der Waals surface area contributed by atoms with E-state index in [1.165, 1.54) is 11.8 Å². The highest BCUT2D eigenvalue weighted by molar-refractivity contribution is 5.95. The van der Waals surface area contributed by atoms with Crippen LogP contribution in [0, 0.1) is 18.3 Å². The molecule has 3 rings (SSSR count). The minimum absolute atomic E-state index is 0.358. The Morgan fingerprint density at radius 1 is 1.06 bits per heavy atom. The van der Waals surface area contributed by atoms with Crippen LogP contribution < -0.4 is 14.9 Å². The molecule has 0 bridgehead atoms. The van der Waals surface area contributed by atoms with Crippen LogP contribution in [0.25, 0.3) is 0 Å². The first-order valence-electron chi connectivity index (χ1n) is 9.88. The number of carbonyl (C=O) groups is 1. The number of ether oxygens (including phenoxy) is 2. The van der Waals surface area contributed by atoms with Crippen molar-refractivity contribution in [3.8, 4) is 17.6 Å². The zero-order chi connectivity index (χ0) is 22.1. The Morgan fingerprint density at radius 3 is 2.58 bits per heavy atom. The summed E-state index contributed by atoms with van der Waals surface area (Å²) in [5.41, 5.74) is 6.41. The highest BCUT2D eigenvalue weighted by atomic mass is 16.5. The van der Waals surface area contributed by atoms with E-state index in [-0.39, 0.29) is 5.91 Å². The maximum atomic E-state index is 12.1. The minimum atomic E-state index is -0.358. The molecule has 6 heteroatoms. The number of nitrogens with one attached hydrogen (secondary N) is 1. The predicted octanol–water partition coefficient (Wildman–Crippen LogP) is 4.61. The number of carbonyl (C=O) groups excluding carboxylic acids is 1. The van der Waals surface area contributed by atoms with Crippen molar-refractivity contribution in [2.24, 2.45) is 5.10 Å².